The van der Waals surface area contributed by atoms with E-state index in [2.05, 4.69) is 17.1 Å². The lowest BCUT2D eigenvalue weighted by Gasteiger charge is -2.39. The second-order valence-electron chi connectivity index (χ2n) is 6.22. The maximum absolute atomic E-state index is 12.8. The molecule has 2 aliphatic rings. The van der Waals surface area contributed by atoms with Gasteiger partial charge in [0.05, 0.1) is 19.0 Å². The minimum atomic E-state index is -0.0926. The van der Waals surface area contributed by atoms with Crippen molar-refractivity contribution in [3.8, 4) is 0 Å². The molecule has 2 heterocycles. The van der Waals surface area contributed by atoms with Gasteiger partial charge in [0.25, 0.3) is 5.91 Å². The van der Waals surface area contributed by atoms with Crippen molar-refractivity contribution in [3.05, 3.63) is 71.3 Å². The first kappa shape index (κ1) is 14.8. The van der Waals surface area contributed by atoms with Crippen molar-refractivity contribution in [2.45, 2.75) is 18.9 Å². The monoisotopic (exact) mass is 318 g/mol. The number of benzene rings is 2. The molecule has 1 atom stereocenters. The van der Waals surface area contributed by atoms with Crippen LogP contribution in [-0.2, 0) is 11.2 Å². The first-order chi connectivity index (χ1) is 11.7. The van der Waals surface area contributed by atoms with Crippen molar-refractivity contribution >= 4 is 17.4 Å². The third kappa shape index (κ3) is 2.54. The fourth-order valence-corrected chi connectivity index (χ4v) is 3.53. The van der Waals surface area contributed by atoms with Crippen LogP contribution in [0, 0.1) is 0 Å². The molecule has 2 aromatic rings. The lowest BCUT2D eigenvalue weighted by atomic mass is 9.90. The van der Waals surface area contributed by atoms with E-state index in [1.165, 1.54) is 11.1 Å². The van der Waals surface area contributed by atoms with Crippen LogP contribution in [0.25, 0.3) is 0 Å². The quantitative estimate of drug-likeness (QED) is 0.817. The summed E-state index contributed by atoms with van der Waals surface area (Å²) in [5.41, 5.74) is 3.50. The predicted molar refractivity (Wildman–Crippen MR) is 92.3 cm³/mol. The Hall–Kier alpha value is -2.75. The molecule has 0 fully saturated rings. The number of hydrogen-bond acceptors (Lipinski definition) is 3. The Morgan fingerprint density at radius 3 is 2.67 bits per heavy atom. The topological polar surface area (TPSA) is 49.7 Å². The minimum absolute atomic E-state index is 0.0121. The molecule has 120 valence electrons. The number of fused-ring (bicyclic) bond motifs is 3. The lowest BCUT2D eigenvalue weighted by Crippen LogP contribution is -2.48. The van der Waals surface area contributed by atoms with Gasteiger partial charge in [-0.1, -0.05) is 54.6 Å². The Kier molecular flexibility index (Phi) is 3.73. The van der Waals surface area contributed by atoms with Gasteiger partial charge in [-0.2, -0.15) is 0 Å². The van der Waals surface area contributed by atoms with Gasteiger partial charge in [0.15, 0.2) is 5.78 Å². The molecule has 4 heteroatoms. The summed E-state index contributed by atoms with van der Waals surface area (Å²) in [6.07, 6.45) is 0.937. The third-order valence-corrected chi connectivity index (χ3v) is 4.80. The van der Waals surface area contributed by atoms with Crippen molar-refractivity contribution < 1.29 is 9.59 Å². The highest BCUT2D eigenvalue weighted by Gasteiger charge is 2.36. The highest BCUT2D eigenvalue weighted by molar-refractivity contribution is 6.43. The van der Waals surface area contributed by atoms with E-state index in [9.17, 15) is 9.59 Å². The summed E-state index contributed by atoms with van der Waals surface area (Å²) >= 11 is 0. The van der Waals surface area contributed by atoms with Gasteiger partial charge in [-0.3, -0.25) is 14.6 Å². The van der Waals surface area contributed by atoms with Gasteiger partial charge < -0.3 is 4.90 Å². The van der Waals surface area contributed by atoms with E-state index in [0.717, 1.165) is 6.42 Å². The summed E-state index contributed by atoms with van der Waals surface area (Å²) < 4.78 is 0. The molecule has 24 heavy (non-hydrogen) atoms. The van der Waals surface area contributed by atoms with Gasteiger partial charge in [-0.25, -0.2) is 0 Å². The van der Waals surface area contributed by atoms with E-state index in [1.54, 1.807) is 12.1 Å². The highest BCUT2D eigenvalue weighted by atomic mass is 16.2. The van der Waals surface area contributed by atoms with Gasteiger partial charge >= 0.3 is 0 Å². The van der Waals surface area contributed by atoms with Crippen LogP contribution in [0.4, 0.5) is 0 Å². The van der Waals surface area contributed by atoms with Crippen LogP contribution in [0.2, 0.25) is 0 Å². The molecule has 0 aromatic heterocycles. The van der Waals surface area contributed by atoms with Gasteiger partial charge in [0, 0.05) is 12.1 Å². The second-order valence-corrected chi connectivity index (χ2v) is 6.22. The molecule has 0 spiro atoms. The Morgan fingerprint density at radius 2 is 1.83 bits per heavy atom. The molecular weight excluding hydrogens is 300 g/mol. The minimum Gasteiger partial charge on any atom is -0.328 e. The molecule has 4 nitrogen and oxygen atoms in total. The number of amides is 1. The smallest absolute Gasteiger partial charge is 0.268 e. The Morgan fingerprint density at radius 1 is 1.08 bits per heavy atom. The number of rotatable bonds is 3. The van der Waals surface area contributed by atoms with E-state index >= 15 is 0 Å². The average Bonchev–Trinajstić information content (AvgIpc) is 2.64. The molecule has 0 saturated heterocycles. The van der Waals surface area contributed by atoms with E-state index in [-0.39, 0.29) is 24.2 Å². The van der Waals surface area contributed by atoms with Crippen LogP contribution in [-0.4, -0.2) is 35.4 Å². The first-order valence-corrected chi connectivity index (χ1v) is 8.24. The number of ketones is 1. The van der Waals surface area contributed by atoms with E-state index in [1.807, 2.05) is 35.2 Å². The largest absolute Gasteiger partial charge is 0.328 e. The molecule has 0 aliphatic carbocycles. The van der Waals surface area contributed by atoms with Crippen LogP contribution in [0.15, 0.2) is 59.6 Å². The van der Waals surface area contributed by atoms with Crippen molar-refractivity contribution in [1.29, 1.82) is 0 Å². The molecule has 1 amide bonds. The SMILES string of the molecule is O=C(CC1=NC[C@H]2c3ccccc3CCN2C1=O)c1ccccc1. The second kappa shape index (κ2) is 6.04. The molecule has 2 aromatic carbocycles. The molecule has 4 rings (SSSR count). The molecule has 0 saturated carbocycles. The maximum Gasteiger partial charge on any atom is 0.268 e. The maximum atomic E-state index is 12.8. The zero-order valence-electron chi connectivity index (χ0n) is 13.3. The summed E-state index contributed by atoms with van der Waals surface area (Å²) in [7, 11) is 0. The summed E-state index contributed by atoms with van der Waals surface area (Å²) in [4.78, 5) is 31.5. The highest BCUT2D eigenvalue weighted by Crippen LogP contribution is 2.32. The van der Waals surface area contributed by atoms with E-state index in [0.29, 0.717) is 24.4 Å². The Bertz CT molecular complexity index is 827. The number of aliphatic imine (C=N–C) groups is 1. The predicted octanol–water partition coefficient (Wildman–Crippen LogP) is 2.84. The van der Waals surface area contributed by atoms with Crippen LogP contribution in [0.5, 0.6) is 0 Å². The van der Waals surface area contributed by atoms with Gasteiger partial charge in [-0.05, 0) is 17.5 Å². The van der Waals surface area contributed by atoms with Gasteiger partial charge in [0.2, 0.25) is 0 Å². The standard InChI is InChI=1S/C20H18N2O2/c23-19(15-7-2-1-3-8-15)12-17-20(24)22-11-10-14-6-4-5-9-16(14)18(22)13-21-17/h1-9,18H,10-13H2/t18-/m0/s1. The summed E-state index contributed by atoms with van der Waals surface area (Å²) in [6, 6.07) is 17.3. The molecule has 0 N–H and O–H groups in total. The fraction of sp³-hybridized carbons (Fsp3) is 0.250. The van der Waals surface area contributed by atoms with E-state index in [4.69, 9.17) is 0 Å². The number of carbonyl (C=O) groups excluding carboxylic acids is 2. The van der Waals surface area contributed by atoms with Gasteiger partial charge in [0.1, 0.15) is 5.71 Å². The molecule has 2 aliphatic heterocycles. The fourth-order valence-electron chi connectivity index (χ4n) is 3.53. The number of carbonyl (C=O) groups is 2. The normalized spacial score (nSPS) is 19.3. The van der Waals surface area contributed by atoms with E-state index < -0.39 is 0 Å². The zero-order chi connectivity index (χ0) is 16.5. The molecule has 0 unspecified atom stereocenters. The summed E-state index contributed by atoms with van der Waals surface area (Å²) in [5.74, 6) is -0.149. The van der Waals surface area contributed by atoms with Gasteiger partial charge in [-0.15, -0.1) is 0 Å². The van der Waals surface area contributed by atoms with Crippen LogP contribution >= 0.6 is 0 Å². The summed E-state index contributed by atoms with van der Waals surface area (Å²) in [5, 5.41) is 0. The average molecular weight is 318 g/mol. The Labute approximate surface area is 140 Å². The zero-order valence-corrected chi connectivity index (χ0v) is 13.3. The third-order valence-electron chi connectivity index (χ3n) is 4.80. The molecule has 0 bridgehead atoms. The van der Waals surface area contributed by atoms with Crippen molar-refractivity contribution in [3.63, 3.8) is 0 Å². The Balaban J connectivity index is 1.57. The van der Waals surface area contributed by atoms with Crippen LogP contribution in [0.3, 0.4) is 0 Å². The lowest BCUT2D eigenvalue weighted by molar-refractivity contribution is -0.127. The van der Waals surface area contributed by atoms with Crippen LogP contribution in [0.1, 0.15) is 33.9 Å². The van der Waals surface area contributed by atoms with Crippen molar-refractivity contribution in [1.82, 2.24) is 4.90 Å². The van der Waals surface area contributed by atoms with Crippen LogP contribution < -0.4 is 0 Å². The summed E-state index contributed by atoms with van der Waals surface area (Å²) in [6.45, 7) is 1.24. The van der Waals surface area contributed by atoms with Crippen molar-refractivity contribution in [2.75, 3.05) is 13.1 Å². The number of hydrogen-bond donors (Lipinski definition) is 0. The first-order valence-electron chi connectivity index (χ1n) is 8.24. The number of Topliss-reactive ketones (excluding diaryl/α,β-unsaturated/α-hetero) is 1. The molecular formula is C20H18N2O2. The molecule has 0 radical (unpaired) electrons. The number of nitrogens with zero attached hydrogens (tertiary/aromatic N) is 2. The van der Waals surface area contributed by atoms with Crippen molar-refractivity contribution in [2.24, 2.45) is 4.99 Å².